The van der Waals surface area contributed by atoms with Crippen LogP contribution in [0.15, 0.2) is 63.8 Å². The summed E-state index contributed by atoms with van der Waals surface area (Å²) in [4.78, 5) is 25.4. The minimum Gasteiger partial charge on any atom is -0.484 e. The molecule has 30 heavy (non-hydrogen) atoms. The predicted octanol–water partition coefficient (Wildman–Crippen LogP) is 2.26. The summed E-state index contributed by atoms with van der Waals surface area (Å²) in [6.07, 6.45) is 0. The van der Waals surface area contributed by atoms with Crippen LogP contribution in [0, 0.1) is 6.92 Å². The van der Waals surface area contributed by atoms with Crippen molar-refractivity contribution < 1.29 is 18.8 Å². The number of carbonyl (C=O) groups is 1. The number of rotatable bonds is 9. The van der Waals surface area contributed by atoms with Crippen molar-refractivity contribution in [1.29, 1.82) is 0 Å². The number of quaternary nitrogens is 1. The minimum atomic E-state index is -0.402. The summed E-state index contributed by atoms with van der Waals surface area (Å²) in [5.74, 6) is 0.300. The van der Waals surface area contributed by atoms with E-state index in [2.05, 4.69) is 31.3 Å². The molecule has 1 heterocycles. The molecule has 0 bridgehead atoms. The molecule has 0 fully saturated rings. The average Bonchev–Trinajstić information content (AvgIpc) is 2.75. The van der Waals surface area contributed by atoms with Gasteiger partial charge in [0, 0.05) is 23.1 Å². The zero-order valence-corrected chi connectivity index (χ0v) is 17.7. The lowest BCUT2D eigenvalue weighted by atomic mass is 10.1. The third-order valence-corrected chi connectivity index (χ3v) is 5.40. The fraction of sp³-hybridized carbons (Fsp3) is 0.333. The molecule has 0 unspecified atom stereocenters. The first-order chi connectivity index (χ1) is 14.5. The fourth-order valence-corrected chi connectivity index (χ4v) is 3.74. The van der Waals surface area contributed by atoms with Crippen LogP contribution in [0.25, 0.3) is 11.0 Å². The maximum Gasteiger partial charge on any atom is 0.336 e. The van der Waals surface area contributed by atoms with E-state index in [4.69, 9.17) is 9.15 Å². The van der Waals surface area contributed by atoms with Crippen molar-refractivity contribution in [2.45, 2.75) is 26.8 Å². The van der Waals surface area contributed by atoms with Crippen LogP contribution < -0.4 is 20.6 Å². The second-order valence-electron chi connectivity index (χ2n) is 7.33. The van der Waals surface area contributed by atoms with Crippen molar-refractivity contribution in [3.05, 3.63) is 76.1 Å². The van der Waals surface area contributed by atoms with Crippen LogP contribution in [0.4, 0.5) is 0 Å². The fourth-order valence-electron chi connectivity index (χ4n) is 3.74. The minimum absolute atomic E-state index is 0.101. The Hall–Kier alpha value is -3.12. The van der Waals surface area contributed by atoms with Crippen LogP contribution in [-0.2, 0) is 4.79 Å². The summed E-state index contributed by atoms with van der Waals surface area (Å²) >= 11 is 0. The Morgan fingerprint density at radius 1 is 1.10 bits per heavy atom. The Bertz CT molecular complexity index is 1040. The molecule has 3 aromatic rings. The van der Waals surface area contributed by atoms with Crippen molar-refractivity contribution in [1.82, 2.24) is 5.32 Å². The van der Waals surface area contributed by atoms with Crippen molar-refractivity contribution in [3.8, 4) is 5.75 Å². The van der Waals surface area contributed by atoms with Gasteiger partial charge in [-0.25, -0.2) is 4.79 Å². The van der Waals surface area contributed by atoms with E-state index in [-0.39, 0.29) is 18.6 Å². The van der Waals surface area contributed by atoms with Crippen LogP contribution in [0.3, 0.4) is 0 Å². The Morgan fingerprint density at radius 2 is 1.83 bits per heavy atom. The first-order valence-electron chi connectivity index (χ1n) is 10.3. The van der Waals surface area contributed by atoms with Crippen molar-refractivity contribution in [2.24, 2.45) is 0 Å². The molecule has 0 aliphatic carbocycles. The van der Waals surface area contributed by atoms with Gasteiger partial charge in [0.25, 0.3) is 5.91 Å². The van der Waals surface area contributed by atoms with E-state index >= 15 is 0 Å². The average molecular weight is 410 g/mol. The smallest absolute Gasteiger partial charge is 0.336 e. The molecule has 2 N–H and O–H groups in total. The molecule has 158 valence electrons. The Morgan fingerprint density at radius 3 is 2.53 bits per heavy atom. The van der Waals surface area contributed by atoms with Gasteiger partial charge in [0.2, 0.25) is 0 Å². The third-order valence-electron chi connectivity index (χ3n) is 5.40. The van der Waals surface area contributed by atoms with Gasteiger partial charge in [-0.2, -0.15) is 0 Å². The number of aryl methyl sites for hydroxylation is 1. The molecule has 1 amide bonds. The van der Waals surface area contributed by atoms with Gasteiger partial charge in [0.05, 0.1) is 19.6 Å². The number of fused-ring (bicyclic) bond motifs is 1. The number of nitrogens with one attached hydrogen (secondary N) is 2. The number of hydrogen-bond acceptors (Lipinski definition) is 4. The second kappa shape index (κ2) is 10.1. The summed E-state index contributed by atoms with van der Waals surface area (Å²) < 4.78 is 10.9. The Kier molecular flexibility index (Phi) is 7.25. The lowest BCUT2D eigenvalue weighted by Crippen LogP contribution is -3.12. The summed E-state index contributed by atoms with van der Waals surface area (Å²) in [5, 5.41) is 3.84. The SMILES string of the molecule is CC[NH+](CC)[C@H](CNC(=O)COc1ccc2c(C)cc(=O)oc2c1)c1ccccc1. The molecular weight excluding hydrogens is 380 g/mol. The van der Waals surface area contributed by atoms with Crippen LogP contribution in [0.1, 0.15) is 31.0 Å². The molecule has 2 aromatic carbocycles. The van der Waals surface area contributed by atoms with Gasteiger partial charge in [0.1, 0.15) is 17.4 Å². The number of ether oxygens (including phenoxy) is 1. The summed E-state index contributed by atoms with van der Waals surface area (Å²) in [5.41, 5.74) is 2.10. The molecule has 0 aliphatic rings. The summed E-state index contributed by atoms with van der Waals surface area (Å²) in [6.45, 7) is 8.55. The Balaban J connectivity index is 1.62. The van der Waals surface area contributed by atoms with Gasteiger partial charge in [-0.05, 0) is 38.5 Å². The molecule has 0 saturated heterocycles. The zero-order chi connectivity index (χ0) is 21.5. The van der Waals surface area contributed by atoms with E-state index in [0.29, 0.717) is 17.9 Å². The molecule has 0 radical (unpaired) electrons. The van der Waals surface area contributed by atoms with Gasteiger partial charge in [0.15, 0.2) is 6.61 Å². The van der Waals surface area contributed by atoms with Gasteiger partial charge >= 0.3 is 5.63 Å². The highest BCUT2D eigenvalue weighted by Crippen LogP contribution is 2.22. The normalized spacial score (nSPS) is 12.1. The number of benzene rings is 2. The lowest BCUT2D eigenvalue weighted by molar-refractivity contribution is -0.927. The van der Waals surface area contributed by atoms with E-state index in [1.165, 1.54) is 16.5 Å². The maximum atomic E-state index is 12.4. The van der Waals surface area contributed by atoms with E-state index < -0.39 is 5.63 Å². The number of likely N-dealkylation sites (N-methyl/N-ethyl adjacent to an activating group) is 1. The van der Waals surface area contributed by atoms with E-state index in [1.807, 2.05) is 31.2 Å². The van der Waals surface area contributed by atoms with Gasteiger partial charge in [-0.15, -0.1) is 0 Å². The van der Waals surface area contributed by atoms with Gasteiger partial charge < -0.3 is 19.4 Å². The highest BCUT2D eigenvalue weighted by molar-refractivity contribution is 5.81. The molecule has 0 saturated carbocycles. The number of carbonyl (C=O) groups excluding carboxylic acids is 1. The zero-order valence-electron chi connectivity index (χ0n) is 17.7. The highest BCUT2D eigenvalue weighted by Gasteiger charge is 2.22. The van der Waals surface area contributed by atoms with Crippen molar-refractivity contribution in [2.75, 3.05) is 26.2 Å². The van der Waals surface area contributed by atoms with E-state index in [0.717, 1.165) is 24.0 Å². The second-order valence-corrected chi connectivity index (χ2v) is 7.33. The van der Waals surface area contributed by atoms with Crippen LogP contribution in [0.5, 0.6) is 5.75 Å². The van der Waals surface area contributed by atoms with Crippen LogP contribution >= 0.6 is 0 Å². The molecule has 6 heteroatoms. The highest BCUT2D eigenvalue weighted by atomic mass is 16.5. The predicted molar refractivity (Wildman–Crippen MR) is 117 cm³/mol. The monoisotopic (exact) mass is 409 g/mol. The van der Waals surface area contributed by atoms with Crippen molar-refractivity contribution in [3.63, 3.8) is 0 Å². The number of hydrogen-bond donors (Lipinski definition) is 2. The molecule has 0 spiro atoms. The van der Waals surface area contributed by atoms with Crippen LogP contribution in [-0.4, -0.2) is 32.1 Å². The standard InChI is InChI=1S/C24H28N2O4/c1-4-26(5-2)21(18-9-7-6-8-10-18)15-25-23(27)16-29-19-11-12-20-17(3)13-24(28)30-22(20)14-19/h6-14,21H,4-5,15-16H2,1-3H3,(H,25,27)/p+1/t21-/m1/s1. The number of amides is 1. The van der Waals surface area contributed by atoms with Gasteiger partial charge in [-0.1, -0.05) is 30.3 Å². The molecular formula is C24H29N2O4+. The Labute approximate surface area is 176 Å². The molecule has 6 nitrogen and oxygen atoms in total. The molecule has 0 aliphatic heterocycles. The maximum absolute atomic E-state index is 12.4. The molecule has 1 atom stereocenters. The van der Waals surface area contributed by atoms with Crippen LogP contribution in [0.2, 0.25) is 0 Å². The first kappa shape index (κ1) is 21.6. The quantitative estimate of drug-likeness (QED) is 0.532. The summed E-state index contributed by atoms with van der Waals surface area (Å²) in [7, 11) is 0. The molecule has 3 rings (SSSR count). The van der Waals surface area contributed by atoms with Gasteiger partial charge in [-0.3, -0.25) is 4.79 Å². The van der Waals surface area contributed by atoms with E-state index in [1.54, 1.807) is 12.1 Å². The third kappa shape index (κ3) is 5.27. The largest absolute Gasteiger partial charge is 0.484 e. The topological polar surface area (TPSA) is 73.0 Å². The summed E-state index contributed by atoms with van der Waals surface area (Å²) in [6, 6.07) is 17.1. The van der Waals surface area contributed by atoms with Crippen molar-refractivity contribution >= 4 is 16.9 Å². The van der Waals surface area contributed by atoms with E-state index in [9.17, 15) is 9.59 Å². The molecule has 1 aromatic heterocycles. The first-order valence-corrected chi connectivity index (χ1v) is 10.3. The lowest BCUT2D eigenvalue weighted by Gasteiger charge is -2.27.